The number of ether oxygens (including phenoxy) is 1. The van der Waals surface area contributed by atoms with Gasteiger partial charge in [-0.1, -0.05) is 39.0 Å². The maximum Gasteiger partial charge on any atom is 0.409 e. The maximum absolute atomic E-state index is 11.1. The van der Waals surface area contributed by atoms with Crippen LogP contribution in [-0.4, -0.2) is 6.09 Å². The van der Waals surface area contributed by atoms with Crippen molar-refractivity contribution in [2.75, 3.05) is 0 Å². The molecule has 3 heteroatoms. The number of primary amides is 1. The van der Waals surface area contributed by atoms with Crippen LogP contribution in [0.5, 0.6) is 5.75 Å². The van der Waals surface area contributed by atoms with E-state index in [-0.39, 0.29) is 0 Å². The van der Waals surface area contributed by atoms with Gasteiger partial charge >= 0.3 is 6.09 Å². The van der Waals surface area contributed by atoms with Crippen LogP contribution in [0, 0.1) is 5.92 Å². The van der Waals surface area contributed by atoms with Crippen LogP contribution >= 0.6 is 0 Å². The van der Waals surface area contributed by atoms with Gasteiger partial charge in [-0.3, -0.25) is 0 Å². The molecule has 0 saturated heterocycles. The van der Waals surface area contributed by atoms with Crippen LogP contribution in [0.2, 0.25) is 0 Å². The number of rotatable bonds is 4. The summed E-state index contributed by atoms with van der Waals surface area (Å²) in [6.45, 7) is 6.38. The summed E-state index contributed by atoms with van der Waals surface area (Å²) in [6.07, 6.45) is 1.80. The van der Waals surface area contributed by atoms with E-state index in [0.717, 1.165) is 17.0 Å². The zero-order valence-corrected chi connectivity index (χ0v) is 11.3. The van der Waals surface area contributed by atoms with Gasteiger partial charge in [0.15, 0.2) is 0 Å². The van der Waals surface area contributed by atoms with Gasteiger partial charge in [-0.15, -0.1) is 0 Å². The second-order valence-electron chi connectivity index (χ2n) is 5.47. The number of nitrogens with two attached hydrogens (primary N) is 1. The number of benzene rings is 1. The normalized spacial score (nSPS) is 16.7. The molecule has 1 aromatic rings. The Balaban J connectivity index is 2.42. The molecule has 1 fully saturated rings. The van der Waals surface area contributed by atoms with Crippen LogP contribution in [-0.2, 0) is 0 Å². The van der Waals surface area contributed by atoms with Crippen molar-refractivity contribution in [2.45, 2.75) is 45.4 Å². The van der Waals surface area contributed by atoms with E-state index in [1.165, 1.54) is 12.8 Å². The van der Waals surface area contributed by atoms with Gasteiger partial charge in [0, 0.05) is 0 Å². The highest BCUT2D eigenvalue weighted by atomic mass is 16.5. The first kappa shape index (κ1) is 12.9. The van der Waals surface area contributed by atoms with E-state index in [1.54, 1.807) is 0 Å². The molecule has 0 spiro atoms. The molecule has 2 rings (SSSR count). The van der Waals surface area contributed by atoms with Crippen molar-refractivity contribution in [3.63, 3.8) is 0 Å². The molecule has 0 aromatic heterocycles. The van der Waals surface area contributed by atoms with Crippen LogP contribution in [0.4, 0.5) is 4.79 Å². The third kappa shape index (κ3) is 2.66. The largest absolute Gasteiger partial charge is 0.410 e. The van der Waals surface area contributed by atoms with Gasteiger partial charge in [0.1, 0.15) is 5.75 Å². The molecule has 1 amide bonds. The molecule has 1 aliphatic carbocycles. The third-order valence-corrected chi connectivity index (χ3v) is 3.72. The van der Waals surface area contributed by atoms with Crippen molar-refractivity contribution in [3.05, 3.63) is 29.3 Å². The molecule has 1 saturated carbocycles. The zero-order valence-electron chi connectivity index (χ0n) is 11.3. The summed E-state index contributed by atoms with van der Waals surface area (Å²) < 4.78 is 5.28. The molecule has 98 valence electrons. The van der Waals surface area contributed by atoms with Crippen LogP contribution in [0.25, 0.3) is 0 Å². The molecule has 0 unspecified atom stereocenters. The van der Waals surface area contributed by atoms with E-state index in [9.17, 15) is 4.79 Å². The van der Waals surface area contributed by atoms with Crippen LogP contribution in [0.15, 0.2) is 18.2 Å². The lowest BCUT2D eigenvalue weighted by molar-refractivity contribution is 0.209. The summed E-state index contributed by atoms with van der Waals surface area (Å²) in [7, 11) is 0. The molecule has 1 atom stereocenters. The summed E-state index contributed by atoms with van der Waals surface area (Å²) >= 11 is 0. The Bertz CT molecular complexity index is 450. The standard InChI is InChI=1S/C15H21NO2/c1-9(2)12-5-4-6-13(10(3)11-7-8-11)14(12)18-15(16)17/h4-6,9-11H,7-8H2,1-3H3,(H2,16,17)/t10-/m1/s1. The zero-order chi connectivity index (χ0) is 13.3. The van der Waals surface area contributed by atoms with Gasteiger partial charge in [0.25, 0.3) is 0 Å². The Labute approximate surface area is 108 Å². The highest BCUT2D eigenvalue weighted by molar-refractivity contribution is 5.69. The van der Waals surface area contributed by atoms with Crippen LogP contribution < -0.4 is 10.5 Å². The Kier molecular flexibility index (Phi) is 3.60. The average molecular weight is 247 g/mol. The van der Waals surface area contributed by atoms with Crippen molar-refractivity contribution in [3.8, 4) is 5.75 Å². The lowest BCUT2D eigenvalue weighted by Gasteiger charge is -2.19. The quantitative estimate of drug-likeness (QED) is 0.880. The lowest BCUT2D eigenvalue weighted by atomic mass is 9.90. The van der Waals surface area contributed by atoms with Gasteiger partial charge in [-0.25, -0.2) is 4.79 Å². The molecule has 3 nitrogen and oxygen atoms in total. The molecular formula is C15H21NO2. The van der Waals surface area contributed by atoms with E-state index in [1.807, 2.05) is 18.2 Å². The van der Waals surface area contributed by atoms with Gasteiger partial charge in [0.05, 0.1) is 0 Å². The summed E-state index contributed by atoms with van der Waals surface area (Å²) in [5.74, 6) is 2.14. The highest BCUT2D eigenvalue weighted by Gasteiger charge is 2.31. The van der Waals surface area contributed by atoms with Crippen molar-refractivity contribution < 1.29 is 9.53 Å². The van der Waals surface area contributed by atoms with E-state index in [2.05, 4.69) is 20.8 Å². The molecule has 0 aliphatic heterocycles. The Hall–Kier alpha value is -1.51. The molecule has 0 heterocycles. The highest BCUT2D eigenvalue weighted by Crippen LogP contribution is 2.46. The van der Waals surface area contributed by atoms with E-state index in [0.29, 0.717) is 17.6 Å². The van der Waals surface area contributed by atoms with Gasteiger partial charge in [-0.2, -0.15) is 0 Å². The van der Waals surface area contributed by atoms with Crippen LogP contribution in [0.3, 0.4) is 0 Å². The van der Waals surface area contributed by atoms with Crippen molar-refractivity contribution in [2.24, 2.45) is 11.7 Å². The number of carbonyl (C=O) groups excluding carboxylic acids is 1. The number of hydrogen-bond donors (Lipinski definition) is 1. The summed E-state index contributed by atoms with van der Waals surface area (Å²) in [5, 5.41) is 0. The predicted octanol–water partition coefficient (Wildman–Crippen LogP) is 3.78. The molecule has 2 N–H and O–H groups in total. The Morgan fingerprint density at radius 3 is 2.39 bits per heavy atom. The lowest BCUT2D eigenvalue weighted by Crippen LogP contribution is -2.19. The second kappa shape index (κ2) is 5.01. The minimum atomic E-state index is -0.729. The molecule has 1 aliphatic rings. The molecule has 0 radical (unpaired) electrons. The fraction of sp³-hybridized carbons (Fsp3) is 0.533. The summed E-state index contributed by atoms with van der Waals surface area (Å²) in [5.41, 5.74) is 7.36. The van der Waals surface area contributed by atoms with Gasteiger partial charge < -0.3 is 10.5 Å². The third-order valence-electron chi connectivity index (χ3n) is 3.72. The number of amides is 1. The van der Waals surface area contributed by atoms with E-state index < -0.39 is 6.09 Å². The fourth-order valence-corrected chi connectivity index (χ4v) is 2.46. The molecule has 0 bridgehead atoms. The first-order valence-corrected chi connectivity index (χ1v) is 6.60. The number of carbonyl (C=O) groups is 1. The SMILES string of the molecule is CC(C)c1cccc([C@H](C)C2CC2)c1OC(N)=O. The Morgan fingerprint density at radius 1 is 1.28 bits per heavy atom. The maximum atomic E-state index is 11.1. The van der Waals surface area contributed by atoms with Crippen LogP contribution in [0.1, 0.15) is 56.6 Å². The number of para-hydroxylation sites is 1. The topological polar surface area (TPSA) is 52.3 Å². The van der Waals surface area contributed by atoms with E-state index >= 15 is 0 Å². The molecular weight excluding hydrogens is 226 g/mol. The average Bonchev–Trinajstić information content (AvgIpc) is 3.11. The monoisotopic (exact) mass is 247 g/mol. The van der Waals surface area contributed by atoms with Crippen molar-refractivity contribution in [1.82, 2.24) is 0 Å². The van der Waals surface area contributed by atoms with Gasteiger partial charge in [0.2, 0.25) is 0 Å². The van der Waals surface area contributed by atoms with Gasteiger partial charge in [-0.05, 0) is 41.7 Å². The minimum absolute atomic E-state index is 0.311. The number of hydrogen-bond acceptors (Lipinski definition) is 2. The van der Waals surface area contributed by atoms with E-state index in [4.69, 9.17) is 10.5 Å². The molecule has 18 heavy (non-hydrogen) atoms. The summed E-state index contributed by atoms with van der Waals surface area (Å²) in [6, 6.07) is 6.09. The first-order chi connectivity index (χ1) is 8.50. The molecule has 1 aromatic carbocycles. The first-order valence-electron chi connectivity index (χ1n) is 6.60. The second-order valence-corrected chi connectivity index (χ2v) is 5.47. The minimum Gasteiger partial charge on any atom is -0.410 e. The summed E-state index contributed by atoms with van der Waals surface area (Å²) in [4.78, 5) is 11.1. The van der Waals surface area contributed by atoms with Crippen molar-refractivity contribution in [1.29, 1.82) is 0 Å². The van der Waals surface area contributed by atoms with Crippen molar-refractivity contribution >= 4 is 6.09 Å². The predicted molar refractivity (Wildman–Crippen MR) is 71.9 cm³/mol. The fourth-order valence-electron chi connectivity index (χ4n) is 2.46. The smallest absolute Gasteiger partial charge is 0.409 e. The Morgan fingerprint density at radius 2 is 1.89 bits per heavy atom.